The number of amides is 1. The molecule has 1 aliphatic rings. The number of nitrogens with zero attached hydrogens (tertiary/aromatic N) is 3. The molecule has 28 heavy (non-hydrogen) atoms. The van der Waals surface area contributed by atoms with E-state index in [1.165, 1.54) is 4.90 Å². The van der Waals surface area contributed by atoms with Crippen molar-refractivity contribution in [1.82, 2.24) is 10.1 Å². The fraction of sp³-hybridized carbons (Fsp3) is 0.250. The third-order valence-electron chi connectivity index (χ3n) is 4.48. The molecule has 1 amide bonds. The highest BCUT2D eigenvalue weighted by Crippen LogP contribution is 2.33. The second-order valence-corrected chi connectivity index (χ2v) is 6.45. The molecule has 0 radical (unpaired) electrons. The van der Waals surface area contributed by atoms with E-state index in [0.717, 1.165) is 23.8 Å². The van der Waals surface area contributed by atoms with Crippen molar-refractivity contribution in [2.24, 2.45) is 0 Å². The van der Waals surface area contributed by atoms with Crippen molar-refractivity contribution in [2.45, 2.75) is 19.3 Å². The first kappa shape index (κ1) is 18.1. The van der Waals surface area contributed by atoms with E-state index in [2.05, 4.69) is 10.1 Å². The largest absolute Gasteiger partial charge is 0.494 e. The Hall–Kier alpha value is -3.29. The van der Waals surface area contributed by atoms with Crippen molar-refractivity contribution >= 4 is 11.6 Å². The molecular weight excluding hydrogens is 368 g/mol. The van der Waals surface area contributed by atoms with Crippen LogP contribution in [-0.4, -0.2) is 29.2 Å². The Balaban J connectivity index is 1.55. The SMILES string of the molecule is CCOc1cccc(-c2noc(C3CC(=O)N(c4cc(F)cc(F)c4)C3)n2)c1. The predicted molar refractivity (Wildman–Crippen MR) is 97.0 cm³/mol. The van der Waals surface area contributed by atoms with Gasteiger partial charge in [-0.2, -0.15) is 4.98 Å². The van der Waals surface area contributed by atoms with Crippen LogP contribution >= 0.6 is 0 Å². The lowest BCUT2D eigenvalue weighted by atomic mass is 10.1. The maximum absolute atomic E-state index is 13.5. The molecule has 144 valence electrons. The summed E-state index contributed by atoms with van der Waals surface area (Å²) in [4.78, 5) is 18.1. The molecule has 8 heteroatoms. The van der Waals surface area contributed by atoms with Gasteiger partial charge in [0.25, 0.3) is 0 Å². The van der Waals surface area contributed by atoms with Gasteiger partial charge in [0.05, 0.1) is 12.5 Å². The number of carbonyl (C=O) groups is 1. The number of rotatable bonds is 5. The zero-order chi connectivity index (χ0) is 19.7. The van der Waals surface area contributed by atoms with E-state index in [0.29, 0.717) is 24.1 Å². The maximum atomic E-state index is 13.5. The summed E-state index contributed by atoms with van der Waals surface area (Å²) in [5, 5.41) is 3.99. The van der Waals surface area contributed by atoms with Crippen LogP contribution in [0.25, 0.3) is 11.4 Å². The topological polar surface area (TPSA) is 68.5 Å². The average molecular weight is 385 g/mol. The van der Waals surface area contributed by atoms with Gasteiger partial charge < -0.3 is 14.2 Å². The van der Waals surface area contributed by atoms with Crippen LogP contribution in [0.15, 0.2) is 47.0 Å². The Morgan fingerprint density at radius 3 is 2.75 bits per heavy atom. The van der Waals surface area contributed by atoms with Crippen LogP contribution in [-0.2, 0) is 4.79 Å². The number of hydrogen-bond acceptors (Lipinski definition) is 5. The Morgan fingerprint density at radius 1 is 1.21 bits per heavy atom. The lowest BCUT2D eigenvalue weighted by Gasteiger charge is -2.16. The molecule has 1 unspecified atom stereocenters. The third kappa shape index (κ3) is 3.58. The molecule has 1 aromatic heterocycles. The molecule has 1 fully saturated rings. The van der Waals surface area contributed by atoms with E-state index in [1.54, 1.807) is 6.07 Å². The fourth-order valence-corrected chi connectivity index (χ4v) is 3.23. The molecule has 2 heterocycles. The molecule has 3 aromatic rings. The molecular formula is C20H17F2N3O3. The summed E-state index contributed by atoms with van der Waals surface area (Å²) in [6.45, 7) is 2.65. The van der Waals surface area contributed by atoms with E-state index >= 15 is 0 Å². The first-order valence-corrected chi connectivity index (χ1v) is 8.87. The zero-order valence-electron chi connectivity index (χ0n) is 15.1. The van der Waals surface area contributed by atoms with Gasteiger partial charge in [-0.15, -0.1) is 0 Å². The maximum Gasteiger partial charge on any atom is 0.232 e. The summed E-state index contributed by atoms with van der Waals surface area (Å²) >= 11 is 0. The molecule has 0 N–H and O–H groups in total. The summed E-state index contributed by atoms with van der Waals surface area (Å²) in [6, 6.07) is 10.3. The van der Waals surface area contributed by atoms with E-state index in [-0.39, 0.29) is 30.5 Å². The van der Waals surface area contributed by atoms with Gasteiger partial charge >= 0.3 is 0 Å². The summed E-state index contributed by atoms with van der Waals surface area (Å²) in [5.74, 6) is -0.685. The second-order valence-electron chi connectivity index (χ2n) is 6.45. The molecule has 0 aliphatic carbocycles. The summed E-state index contributed by atoms with van der Waals surface area (Å²) < 4.78 is 37.8. The quantitative estimate of drug-likeness (QED) is 0.666. The third-order valence-corrected chi connectivity index (χ3v) is 4.48. The van der Waals surface area contributed by atoms with Crippen molar-refractivity contribution in [3.8, 4) is 17.1 Å². The number of ether oxygens (including phenoxy) is 1. The number of carbonyl (C=O) groups excluding carboxylic acids is 1. The number of hydrogen-bond donors (Lipinski definition) is 0. The van der Waals surface area contributed by atoms with E-state index in [1.807, 2.05) is 25.1 Å². The molecule has 1 saturated heterocycles. The highest BCUT2D eigenvalue weighted by molar-refractivity contribution is 5.96. The first-order chi connectivity index (χ1) is 13.5. The van der Waals surface area contributed by atoms with Crippen molar-refractivity contribution in [1.29, 1.82) is 0 Å². The van der Waals surface area contributed by atoms with Crippen LogP contribution in [0, 0.1) is 11.6 Å². The molecule has 0 saturated carbocycles. The smallest absolute Gasteiger partial charge is 0.232 e. The van der Waals surface area contributed by atoms with E-state index in [4.69, 9.17) is 9.26 Å². The van der Waals surface area contributed by atoms with E-state index in [9.17, 15) is 13.6 Å². The van der Waals surface area contributed by atoms with Crippen LogP contribution in [0.1, 0.15) is 25.2 Å². The molecule has 1 aliphatic heterocycles. The first-order valence-electron chi connectivity index (χ1n) is 8.87. The number of aromatic nitrogens is 2. The van der Waals surface area contributed by atoms with Crippen LogP contribution in [0.3, 0.4) is 0 Å². The molecule has 2 aromatic carbocycles. The molecule has 4 rings (SSSR count). The fourth-order valence-electron chi connectivity index (χ4n) is 3.23. The van der Waals surface area contributed by atoms with Gasteiger partial charge in [-0.3, -0.25) is 4.79 Å². The van der Waals surface area contributed by atoms with Gasteiger partial charge in [0, 0.05) is 30.3 Å². The summed E-state index contributed by atoms with van der Waals surface area (Å²) in [5.41, 5.74) is 0.906. The lowest BCUT2D eigenvalue weighted by Crippen LogP contribution is -2.24. The van der Waals surface area contributed by atoms with E-state index < -0.39 is 11.6 Å². The highest BCUT2D eigenvalue weighted by Gasteiger charge is 2.35. The van der Waals surface area contributed by atoms with Crippen LogP contribution < -0.4 is 9.64 Å². The number of anilines is 1. The van der Waals surface area contributed by atoms with Crippen molar-refractivity contribution in [3.63, 3.8) is 0 Å². The monoisotopic (exact) mass is 385 g/mol. The van der Waals surface area contributed by atoms with Crippen LogP contribution in [0.4, 0.5) is 14.5 Å². The van der Waals surface area contributed by atoms with Gasteiger partial charge in [-0.25, -0.2) is 8.78 Å². The summed E-state index contributed by atoms with van der Waals surface area (Å²) in [7, 11) is 0. The van der Waals surface area contributed by atoms with Crippen molar-refractivity contribution in [2.75, 3.05) is 18.1 Å². The normalized spacial score (nSPS) is 16.6. The van der Waals surface area contributed by atoms with Gasteiger partial charge in [-0.1, -0.05) is 17.3 Å². The second kappa shape index (κ2) is 7.38. The minimum absolute atomic E-state index is 0.124. The van der Waals surface area contributed by atoms with Gasteiger partial charge in [0.1, 0.15) is 17.4 Å². The Bertz CT molecular complexity index is 1000. The van der Waals surface area contributed by atoms with Crippen LogP contribution in [0.5, 0.6) is 5.75 Å². The predicted octanol–water partition coefficient (Wildman–Crippen LogP) is 3.93. The Morgan fingerprint density at radius 2 is 2.00 bits per heavy atom. The number of halogens is 2. The average Bonchev–Trinajstić information content (AvgIpc) is 3.28. The van der Waals surface area contributed by atoms with Crippen molar-refractivity contribution in [3.05, 3.63) is 60.0 Å². The minimum atomic E-state index is -0.736. The van der Waals surface area contributed by atoms with Gasteiger partial charge in [0.2, 0.25) is 17.6 Å². The van der Waals surface area contributed by atoms with Crippen molar-refractivity contribution < 1.29 is 22.8 Å². The molecule has 6 nitrogen and oxygen atoms in total. The molecule has 0 bridgehead atoms. The zero-order valence-corrected chi connectivity index (χ0v) is 15.1. The lowest BCUT2D eigenvalue weighted by molar-refractivity contribution is -0.117. The van der Waals surface area contributed by atoms with Gasteiger partial charge in [0.15, 0.2) is 0 Å². The molecule has 1 atom stereocenters. The minimum Gasteiger partial charge on any atom is -0.494 e. The van der Waals surface area contributed by atoms with Crippen LogP contribution in [0.2, 0.25) is 0 Å². The Kier molecular flexibility index (Phi) is 4.77. The molecule has 0 spiro atoms. The Labute approximate surface area is 159 Å². The highest BCUT2D eigenvalue weighted by atomic mass is 19.1. The standard InChI is InChI=1S/C20H17F2N3O3/c1-2-27-17-5-3-4-12(6-17)19-23-20(28-24-19)13-7-18(26)25(11-13)16-9-14(21)8-15(22)10-16/h3-6,8-10,13H,2,7,11H2,1H3. The summed E-state index contributed by atoms with van der Waals surface area (Å²) in [6.07, 6.45) is 0.124. The number of benzene rings is 2. The van der Waals surface area contributed by atoms with Gasteiger partial charge in [-0.05, 0) is 31.2 Å².